The monoisotopic (exact) mass is 329 g/mol. The lowest BCUT2D eigenvalue weighted by atomic mass is 10.2. The van der Waals surface area contributed by atoms with Gasteiger partial charge in [0.25, 0.3) is 0 Å². The molecule has 0 fully saturated rings. The lowest BCUT2D eigenvalue weighted by Gasteiger charge is -2.06. The summed E-state index contributed by atoms with van der Waals surface area (Å²) in [4.78, 5) is 8.10. The quantitative estimate of drug-likeness (QED) is 0.772. The van der Waals surface area contributed by atoms with E-state index in [-0.39, 0.29) is 49.2 Å². The van der Waals surface area contributed by atoms with Crippen LogP contribution in [0.5, 0.6) is 0 Å². The Labute approximate surface area is 132 Å². The maximum atomic E-state index is 5.66. The molecule has 0 saturated heterocycles. The smallest absolute Gasteiger partial charge is 0.221 e. The zero-order valence-corrected chi connectivity index (χ0v) is 13.4. The van der Waals surface area contributed by atoms with Crippen molar-refractivity contribution in [3.63, 3.8) is 0 Å². The Balaban J connectivity index is -0.000000853. The third-order valence-electron chi connectivity index (χ3n) is 1.99. The lowest BCUT2D eigenvalue weighted by molar-refractivity contribution is 0.759. The van der Waals surface area contributed by atoms with Crippen molar-refractivity contribution >= 4 is 55.1 Å². The molecule has 0 radical (unpaired) electrons. The number of anilines is 2. The van der Waals surface area contributed by atoms with Crippen molar-refractivity contribution in [3.05, 3.63) is 17.8 Å². The average Bonchev–Trinajstić information content (AvgIpc) is 2.21. The molecule has 0 aliphatic carbocycles. The van der Waals surface area contributed by atoms with Gasteiger partial charge in [0.2, 0.25) is 5.95 Å². The summed E-state index contributed by atoms with van der Waals surface area (Å²) in [6.07, 6.45) is 6.51. The van der Waals surface area contributed by atoms with Gasteiger partial charge in [0, 0.05) is 24.3 Å². The molecule has 1 atom stereocenters. The molecule has 0 amide bonds. The van der Waals surface area contributed by atoms with Crippen LogP contribution in [0.1, 0.15) is 25.8 Å². The van der Waals surface area contributed by atoms with E-state index in [4.69, 9.17) is 11.5 Å². The summed E-state index contributed by atoms with van der Waals surface area (Å²) in [6.45, 7) is 4.77. The first-order valence-corrected chi connectivity index (χ1v) is 5.42. The van der Waals surface area contributed by atoms with Crippen molar-refractivity contribution < 1.29 is 0 Å². The van der Waals surface area contributed by atoms with Gasteiger partial charge in [-0.05, 0) is 20.3 Å². The summed E-state index contributed by atoms with van der Waals surface area (Å²) in [5.74, 6) is 1.04. The zero-order chi connectivity index (χ0) is 12.0. The highest BCUT2D eigenvalue weighted by Crippen LogP contribution is 2.14. The topological polar surface area (TPSA) is 89.8 Å². The normalized spacial score (nSPS) is 10.9. The van der Waals surface area contributed by atoms with Crippen LogP contribution in [0.25, 0.3) is 6.08 Å². The molecule has 1 aromatic rings. The number of hydrogen-bond acceptors (Lipinski definition) is 5. The first-order valence-electron chi connectivity index (χ1n) is 5.42. The van der Waals surface area contributed by atoms with Gasteiger partial charge in [-0.1, -0.05) is 12.2 Å². The van der Waals surface area contributed by atoms with E-state index in [0.29, 0.717) is 0 Å². The molecule has 0 unspecified atom stereocenters. The van der Waals surface area contributed by atoms with Crippen LogP contribution < -0.4 is 16.8 Å². The fourth-order valence-corrected chi connectivity index (χ4v) is 1.25. The summed E-state index contributed by atoms with van der Waals surface area (Å²) in [6, 6.07) is 0.161. The van der Waals surface area contributed by atoms with Gasteiger partial charge in [0.1, 0.15) is 5.82 Å². The van der Waals surface area contributed by atoms with Crippen LogP contribution in [0.4, 0.5) is 11.8 Å². The minimum absolute atomic E-state index is 0. The van der Waals surface area contributed by atoms with Crippen LogP contribution in [0.15, 0.2) is 12.3 Å². The maximum Gasteiger partial charge on any atom is 0.221 e. The SMILES string of the molecule is CCNc1nc(N)ncc1/C=C/C[C@H](C)N.Cl.Cl.Cl. The molecule has 1 rings (SSSR count). The summed E-state index contributed by atoms with van der Waals surface area (Å²) >= 11 is 0. The standard InChI is InChI=1S/C11H19N5.3ClH/c1-3-14-10-9(6-4-5-8(2)12)7-15-11(13)16-10;;;/h4,6-8H,3,5,12H2,1-2H3,(H3,13,14,15,16);3*1H/b6-4+;;;/t8-;;;/m0.../s1. The Hall–Kier alpha value is -0.750. The van der Waals surface area contributed by atoms with Crippen LogP contribution in [0.3, 0.4) is 0 Å². The second kappa shape index (κ2) is 12.3. The minimum atomic E-state index is 0. The second-order valence-corrected chi connectivity index (χ2v) is 3.68. The van der Waals surface area contributed by atoms with E-state index in [0.717, 1.165) is 24.3 Å². The molecule has 5 N–H and O–H groups in total. The van der Waals surface area contributed by atoms with Gasteiger partial charge >= 0.3 is 0 Å². The Bertz CT molecular complexity index is 371. The fourth-order valence-electron chi connectivity index (χ4n) is 1.25. The Kier molecular flexibility index (Phi) is 15.1. The molecule has 0 bridgehead atoms. The van der Waals surface area contributed by atoms with Crippen LogP contribution >= 0.6 is 37.2 Å². The van der Waals surface area contributed by atoms with Gasteiger partial charge in [-0.25, -0.2) is 4.98 Å². The first-order chi connectivity index (χ1) is 7.63. The number of nitrogens with zero attached hydrogens (tertiary/aromatic N) is 2. The lowest BCUT2D eigenvalue weighted by Crippen LogP contribution is -2.12. The van der Waals surface area contributed by atoms with Crippen LogP contribution in [0, 0.1) is 0 Å². The molecule has 0 spiro atoms. The number of nitrogens with one attached hydrogen (secondary N) is 1. The van der Waals surface area contributed by atoms with E-state index in [1.165, 1.54) is 0 Å². The predicted octanol–water partition coefficient (Wildman–Crippen LogP) is 2.51. The van der Waals surface area contributed by atoms with Crippen LogP contribution in [0.2, 0.25) is 0 Å². The molecule has 1 aromatic heterocycles. The minimum Gasteiger partial charge on any atom is -0.370 e. The predicted molar refractivity (Wildman–Crippen MR) is 89.7 cm³/mol. The number of nitrogen functional groups attached to an aromatic ring is 1. The number of aromatic nitrogens is 2. The summed E-state index contributed by atoms with van der Waals surface area (Å²) < 4.78 is 0. The summed E-state index contributed by atoms with van der Waals surface area (Å²) in [5, 5.41) is 3.14. The molecular weight excluding hydrogens is 309 g/mol. The molecule has 1 heterocycles. The molecule has 0 aromatic carbocycles. The van der Waals surface area contributed by atoms with E-state index in [2.05, 4.69) is 15.3 Å². The van der Waals surface area contributed by atoms with E-state index < -0.39 is 0 Å². The van der Waals surface area contributed by atoms with E-state index >= 15 is 0 Å². The summed E-state index contributed by atoms with van der Waals surface area (Å²) in [7, 11) is 0. The van der Waals surface area contributed by atoms with E-state index in [1.807, 2.05) is 26.0 Å². The Morgan fingerprint density at radius 2 is 2.00 bits per heavy atom. The maximum absolute atomic E-state index is 5.66. The highest BCUT2D eigenvalue weighted by Gasteiger charge is 2.01. The van der Waals surface area contributed by atoms with Crippen LogP contribution in [-0.2, 0) is 0 Å². The molecule has 0 aliphatic rings. The van der Waals surface area contributed by atoms with Gasteiger partial charge in [-0.2, -0.15) is 4.98 Å². The fraction of sp³-hybridized carbons (Fsp3) is 0.455. The van der Waals surface area contributed by atoms with Gasteiger partial charge in [-0.3, -0.25) is 0 Å². The molecule has 5 nitrogen and oxygen atoms in total. The van der Waals surface area contributed by atoms with Gasteiger partial charge in [-0.15, -0.1) is 37.2 Å². The average molecular weight is 331 g/mol. The Morgan fingerprint density at radius 3 is 2.53 bits per heavy atom. The number of halogens is 3. The second-order valence-electron chi connectivity index (χ2n) is 3.68. The van der Waals surface area contributed by atoms with E-state index in [1.54, 1.807) is 6.20 Å². The molecule has 19 heavy (non-hydrogen) atoms. The number of hydrogen-bond donors (Lipinski definition) is 3. The largest absolute Gasteiger partial charge is 0.370 e. The molecule has 112 valence electrons. The van der Waals surface area contributed by atoms with E-state index in [9.17, 15) is 0 Å². The number of nitrogens with two attached hydrogens (primary N) is 2. The van der Waals surface area contributed by atoms with Crippen molar-refractivity contribution in [2.24, 2.45) is 5.73 Å². The van der Waals surface area contributed by atoms with Gasteiger partial charge in [0.05, 0.1) is 0 Å². The molecular formula is C11H22Cl3N5. The molecule has 0 aliphatic heterocycles. The zero-order valence-electron chi connectivity index (χ0n) is 11.0. The molecule has 0 saturated carbocycles. The number of rotatable bonds is 5. The third-order valence-corrected chi connectivity index (χ3v) is 1.99. The van der Waals surface area contributed by atoms with Crippen LogP contribution in [-0.4, -0.2) is 22.6 Å². The highest BCUT2D eigenvalue weighted by molar-refractivity contribution is 5.86. The first kappa shape index (κ1) is 23.4. The van der Waals surface area contributed by atoms with Crippen molar-refractivity contribution in [1.29, 1.82) is 0 Å². The van der Waals surface area contributed by atoms with Crippen molar-refractivity contribution in [3.8, 4) is 0 Å². The van der Waals surface area contributed by atoms with Gasteiger partial charge < -0.3 is 16.8 Å². The summed E-state index contributed by atoms with van der Waals surface area (Å²) in [5.41, 5.74) is 12.1. The Morgan fingerprint density at radius 1 is 1.37 bits per heavy atom. The van der Waals surface area contributed by atoms with Crippen molar-refractivity contribution in [2.75, 3.05) is 17.6 Å². The third kappa shape index (κ3) is 8.88. The van der Waals surface area contributed by atoms with Crippen molar-refractivity contribution in [1.82, 2.24) is 9.97 Å². The van der Waals surface area contributed by atoms with Gasteiger partial charge in [0.15, 0.2) is 0 Å². The highest BCUT2D eigenvalue weighted by atomic mass is 35.5. The molecule has 8 heteroatoms. The van der Waals surface area contributed by atoms with Crippen molar-refractivity contribution in [2.45, 2.75) is 26.3 Å².